The maximum Gasteiger partial charge on any atom is 0.408 e. The van der Waals surface area contributed by atoms with Crippen molar-refractivity contribution in [1.82, 2.24) is 10.6 Å². The Morgan fingerprint density at radius 3 is 1.40 bits per heavy atom. The summed E-state index contributed by atoms with van der Waals surface area (Å²) in [7, 11) is 0. The summed E-state index contributed by atoms with van der Waals surface area (Å²) in [5.41, 5.74) is -0.245. The van der Waals surface area contributed by atoms with Gasteiger partial charge in [0.2, 0.25) is 0 Å². The molecule has 73 heavy (non-hydrogen) atoms. The van der Waals surface area contributed by atoms with Crippen molar-refractivity contribution in [3.8, 4) is 28.7 Å². The van der Waals surface area contributed by atoms with Crippen LogP contribution in [-0.2, 0) is 41.4 Å². The van der Waals surface area contributed by atoms with Crippen molar-refractivity contribution in [2.45, 2.75) is 112 Å². The Balaban J connectivity index is 0.000000552. The van der Waals surface area contributed by atoms with Gasteiger partial charge in [0.25, 0.3) is 6.43 Å². The standard InChI is InChI=1S/C22H26FNO5.C18H24F3NO5.C6H5ClO.C6H6O.C2H6/c1-15(27-20(25)14-24-21(26)29-22(2,3)4)12-16-10-11-17(23)13-19(16)28-18-8-6-5-7-9-18;1-11(26-16(23)9-22-17(24)27-18(2,3)4)7-12-5-6-13(19)8-14(12)25-10-15(20)21;7-5-3-1-2-4-6(5)8;7-6-4-2-1-3-5-6;1-2/h5-11,13,15H,12,14H2,1-4H3,(H,24,26);5-6,8,11,15H,7,9-10H2,1-4H3,(H,22,24);1-4,8H;1-5,7H;1-2H3. The molecule has 2 unspecified atom stereocenters. The number of hydrogen-bond acceptors (Lipinski definition) is 12. The van der Waals surface area contributed by atoms with Crippen LogP contribution in [-0.4, -0.2) is 83.9 Å². The quantitative estimate of drug-likeness (QED) is 0.0442. The molecule has 0 radical (unpaired) electrons. The largest absolute Gasteiger partial charge is 0.508 e. The van der Waals surface area contributed by atoms with Crippen LogP contribution in [0.1, 0.15) is 80.4 Å². The molecule has 2 atom stereocenters. The minimum Gasteiger partial charge on any atom is -0.508 e. The van der Waals surface area contributed by atoms with Crippen LogP contribution < -0.4 is 20.1 Å². The number of aromatic hydroxyl groups is 2. The first kappa shape index (κ1) is 63.8. The molecule has 5 aromatic rings. The van der Waals surface area contributed by atoms with E-state index in [-0.39, 0.29) is 24.5 Å². The molecule has 0 fully saturated rings. The summed E-state index contributed by atoms with van der Waals surface area (Å²) >= 11 is 5.46. The monoisotopic (exact) mass is 1050 g/mol. The van der Waals surface area contributed by atoms with Crippen molar-refractivity contribution in [2.75, 3.05) is 19.7 Å². The number of carbonyl (C=O) groups excluding carboxylic acids is 4. The van der Waals surface area contributed by atoms with Crippen LogP contribution in [0.4, 0.5) is 27.2 Å². The fourth-order valence-electron chi connectivity index (χ4n) is 5.42. The molecule has 19 heteroatoms. The van der Waals surface area contributed by atoms with E-state index in [1.54, 1.807) is 122 Å². The van der Waals surface area contributed by atoms with Gasteiger partial charge in [0, 0.05) is 25.0 Å². The normalized spacial score (nSPS) is 11.3. The van der Waals surface area contributed by atoms with Crippen molar-refractivity contribution in [1.29, 1.82) is 0 Å². The number of carbonyl (C=O) groups is 4. The van der Waals surface area contributed by atoms with Crippen LogP contribution in [0.5, 0.6) is 28.7 Å². The highest BCUT2D eigenvalue weighted by Crippen LogP contribution is 2.28. The lowest BCUT2D eigenvalue weighted by atomic mass is 10.1. The van der Waals surface area contributed by atoms with E-state index in [0.717, 1.165) is 12.1 Å². The molecule has 0 saturated heterocycles. The first-order chi connectivity index (χ1) is 34.3. The van der Waals surface area contributed by atoms with Crippen molar-refractivity contribution in [3.05, 3.63) is 149 Å². The van der Waals surface area contributed by atoms with E-state index >= 15 is 0 Å². The topological polar surface area (TPSA) is 188 Å². The van der Waals surface area contributed by atoms with Gasteiger partial charge < -0.3 is 49.3 Å². The van der Waals surface area contributed by atoms with Gasteiger partial charge in [-0.2, -0.15) is 0 Å². The number of amides is 2. The molecule has 2 amide bonds. The van der Waals surface area contributed by atoms with Gasteiger partial charge in [0.1, 0.15) is 83.5 Å². The number of esters is 2. The minimum absolute atomic E-state index is 0.0370. The molecule has 0 bridgehead atoms. The fourth-order valence-corrected chi connectivity index (χ4v) is 5.56. The number of phenols is 2. The summed E-state index contributed by atoms with van der Waals surface area (Å²) in [6.07, 6.45) is -4.87. The molecule has 0 aliphatic carbocycles. The molecule has 5 rings (SSSR count). The molecule has 400 valence electrons. The van der Waals surface area contributed by atoms with Gasteiger partial charge in [0.15, 0.2) is 0 Å². The van der Waals surface area contributed by atoms with Crippen molar-refractivity contribution in [3.63, 3.8) is 0 Å². The molecule has 0 aliphatic rings. The van der Waals surface area contributed by atoms with Crippen molar-refractivity contribution in [2.24, 2.45) is 0 Å². The predicted molar refractivity (Wildman–Crippen MR) is 270 cm³/mol. The molecular weight excluding hydrogens is 980 g/mol. The summed E-state index contributed by atoms with van der Waals surface area (Å²) in [4.78, 5) is 46.8. The Bertz CT molecular complexity index is 2380. The molecule has 0 heterocycles. The fraction of sp³-hybridized carbons (Fsp3) is 0.370. The predicted octanol–water partition coefficient (Wildman–Crippen LogP) is 12.5. The van der Waals surface area contributed by atoms with E-state index < -0.39 is 78.7 Å². The van der Waals surface area contributed by atoms with E-state index in [2.05, 4.69) is 10.6 Å². The van der Waals surface area contributed by atoms with Gasteiger partial charge in [-0.1, -0.05) is 86.1 Å². The van der Waals surface area contributed by atoms with E-state index in [9.17, 15) is 36.7 Å². The SMILES string of the molecule is CC.CC(Cc1ccc(F)cc1OCC(F)F)OC(=O)CNC(=O)OC(C)(C)C.CC(Cc1ccc(F)cc1Oc1ccccc1)OC(=O)CNC(=O)OC(C)(C)C.Oc1ccccc1.Oc1ccccc1Cl. The van der Waals surface area contributed by atoms with Crippen molar-refractivity contribution < 1.29 is 75.4 Å². The average Bonchev–Trinajstić information content (AvgIpc) is 3.30. The number of nitrogens with one attached hydrogen (secondary N) is 2. The van der Waals surface area contributed by atoms with Gasteiger partial charge in [-0.25, -0.2) is 27.2 Å². The maximum atomic E-state index is 13.7. The van der Waals surface area contributed by atoms with E-state index in [1.807, 2.05) is 38.1 Å². The van der Waals surface area contributed by atoms with Crippen LogP contribution in [0.2, 0.25) is 5.02 Å². The number of benzene rings is 5. The first-order valence-corrected chi connectivity index (χ1v) is 23.4. The number of ether oxygens (including phenoxy) is 6. The number of rotatable bonds is 15. The van der Waals surface area contributed by atoms with Gasteiger partial charge in [-0.05, 0) is 115 Å². The zero-order valence-electron chi connectivity index (χ0n) is 42.7. The van der Waals surface area contributed by atoms with Gasteiger partial charge in [0.05, 0.1) is 5.02 Å². The number of alkyl halides is 2. The van der Waals surface area contributed by atoms with Crippen LogP contribution in [0, 0.1) is 11.6 Å². The molecule has 0 aliphatic heterocycles. The zero-order chi connectivity index (χ0) is 55.1. The number of phenolic OH excluding ortho intramolecular Hbond substituents is 2. The average molecular weight is 1050 g/mol. The van der Waals surface area contributed by atoms with Crippen LogP contribution in [0.3, 0.4) is 0 Å². The molecule has 0 aromatic heterocycles. The Hall–Kier alpha value is -7.21. The van der Waals surface area contributed by atoms with Gasteiger partial charge in [-0.15, -0.1) is 0 Å². The maximum absolute atomic E-state index is 13.7. The van der Waals surface area contributed by atoms with E-state index in [0.29, 0.717) is 39.8 Å². The van der Waals surface area contributed by atoms with E-state index in [1.165, 1.54) is 18.2 Å². The summed E-state index contributed by atoms with van der Waals surface area (Å²) in [5, 5.41) is 22.4. The Labute approximate surface area is 429 Å². The zero-order valence-corrected chi connectivity index (χ0v) is 43.4. The summed E-state index contributed by atoms with van der Waals surface area (Å²) < 4.78 is 82.8. The Morgan fingerprint density at radius 1 is 0.603 bits per heavy atom. The van der Waals surface area contributed by atoms with Gasteiger partial charge >= 0.3 is 24.1 Å². The van der Waals surface area contributed by atoms with Gasteiger partial charge in [-0.3, -0.25) is 9.59 Å². The van der Waals surface area contributed by atoms with Crippen LogP contribution in [0.25, 0.3) is 0 Å². The highest BCUT2D eigenvalue weighted by molar-refractivity contribution is 6.31. The number of hydrogen-bond donors (Lipinski definition) is 4. The third kappa shape index (κ3) is 31.0. The number of para-hydroxylation sites is 3. The molecule has 0 saturated carbocycles. The second-order valence-electron chi connectivity index (χ2n) is 17.1. The highest BCUT2D eigenvalue weighted by Gasteiger charge is 2.21. The summed E-state index contributed by atoms with van der Waals surface area (Å²) in [5.74, 6) is -1.01. The number of alkyl carbamates (subject to hydrolysis) is 2. The second kappa shape index (κ2) is 33.4. The summed E-state index contributed by atoms with van der Waals surface area (Å²) in [6.45, 7) is 15.9. The lowest BCUT2D eigenvalue weighted by Crippen LogP contribution is -2.36. The number of halogens is 5. The molecule has 0 spiro atoms. The molecule has 5 aromatic carbocycles. The third-order valence-electron chi connectivity index (χ3n) is 8.23. The van der Waals surface area contributed by atoms with Crippen molar-refractivity contribution >= 4 is 35.7 Å². The Morgan fingerprint density at radius 2 is 1.01 bits per heavy atom. The van der Waals surface area contributed by atoms with Crippen LogP contribution in [0.15, 0.2) is 121 Å². The van der Waals surface area contributed by atoms with E-state index in [4.69, 9.17) is 50.2 Å². The Kier molecular flexibility index (Phi) is 29.2. The molecule has 4 N–H and O–H groups in total. The lowest BCUT2D eigenvalue weighted by molar-refractivity contribution is -0.147. The second-order valence-corrected chi connectivity index (χ2v) is 17.5. The molecule has 14 nitrogen and oxygen atoms in total. The lowest BCUT2D eigenvalue weighted by Gasteiger charge is -2.20. The summed E-state index contributed by atoms with van der Waals surface area (Å²) in [6, 6.07) is 32.1. The highest BCUT2D eigenvalue weighted by atomic mass is 35.5. The smallest absolute Gasteiger partial charge is 0.408 e. The first-order valence-electron chi connectivity index (χ1n) is 23.0. The van der Waals surface area contributed by atoms with Crippen LogP contribution >= 0.6 is 11.6 Å². The molecular formula is C54H67ClF4N2O12. The third-order valence-corrected chi connectivity index (χ3v) is 8.55. The minimum atomic E-state index is -2.70.